The summed E-state index contributed by atoms with van der Waals surface area (Å²) in [6.07, 6.45) is 1.29. The van der Waals surface area contributed by atoms with E-state index in [0.717, 1.165) is 23.4 Å². The van der Waals surface area contributed by atoms with Crippen LogP contribution >= 0.6 is 24.8 Å². The van der Waals surface area contributed by atoms with Crippen molar-refractivity contribution in [3.05, 3.63) is 89.7 Å². The maximum Gasteiger partial charge on any atom is 0.307 e. The third-order valence-electron chi connectivity index (χ3n) is 6.87. The third kappa shape index (κ3) is 8.95. The monoisotopic (exact) mass is 662 g/mol. The zero-order chi connectivity index (χ0) is 30.3. The topological polar surface area (TPSA) is 135 Å². The van der Waals surface area contributed by atoms with Crippen molar-refractivity contribution in [3.63, 3.8) is 0 Å². The van der Waals surface area contributed by atoms with E-state index in [1.54, 1.807) is 61.5 Å². The van der Waals surface area contributed by atoms with Crippen LogP contribution in [-0.2, 0) is 32.5 Å². The number of ether oxygens (including phenoxy) is 1. The number of anilines is 1. The predicted molar refractivity (Wildman–Crippen MR) is 180 cm³/mol. The molecule has 44 heavy (non-hydrogen) atoms. The maximum atomic E-state index is 13.8. The standard InChI is InChI=1S/C31H38N6O4S.2ClH/c1-4-41-30(38)17-20-36-28-16-15-25(22-27(28)34-29(36)21-23-11-13-24(14-12-23)31(32)33)37(19-8-18-35(2)3)42(39,40)26-9-6-5-7-10-26;;/h5-7,9-16,22H,4,8,17-21H2,1-3H3,(H3,32,33);2*1H. The number of aromatic nitrogens is 2. The van der Waals surface area contributed by atoms with Crippen LogP contribution in [0.2, 0.25) is 0 Å². The van der Waals surface area contributed by atoms with E-state index < -0.39 is 10.0 Å². The highest BCUT2D eigenvalue weighted by Gasteiger charge is 2.25. The minimum absolute atomic E-state index is 0. The summed E-state index contributed by atoms with van der Waals surface area (Å²) in [6, 6.07) is 21.3. The van der Waals surface area contributed by atoms with Gasteiger partial charge in [-0.15, -0.1) is 24.8 Å². The summed E-state index contributed by atoms with van der Waals surface area (Å²) >= 11 is 0. The smallest absolute Gasteiger partial charge is 0.307 e. The molecule has 1 aromatic heterocycles. The Labute approximate surface area is 271 Å². The van der Waals surface area contributed by atoms with Crippen LogP contribution in [0, 0.1) is 5.41 Å². The lowest BCUT2D eigenvalue weighted by Crippen LogP contribution is -2.33. The van der Waals surface area contributed by atoms with E-state index in [9.17, 15) is 13.2 Å². The molecule has 1 heterocycles. The Bertz CT molecular complexity index is 1650. The number of sulfonamides is 1. The fraction of sp³-hybridized carbons (Fsp3) is 0.323. The van der Waals surface area contributed by atoms with Crippen molar-refractivity contribution in [2.24, 2.45) is 5.73 Å². The van der Waals surface area contributed by atoms with Gasteiger partial charge in [-0.05, 0) is 69.9 Å². The highest BCUT2D eigenvalue weighted by atomic mass is 35.5. The number of esters is 1. The zero-order valence-electron chi connectivity index (χ0n) is 25.1. The summed E-state index contributed by atoms with van der Waals surface area (Å²) < 4.78 is 36.1. The number of nitrogens with zero attached hydrogens (tertiary/aromatic N) is 4. The molecule has 0 aliphatic rings. The molecule has 3 aromatic carbocycles. The average Bonchev–Trinajstić information content (AvgIpc) is 3.30. The van der Waals surface area contributed by atoms with E-state index >= 15 is 0 Å². The third-order valence-corrected chi connectivity index (χ3v) is 8.71. The number of fused-ring (bicyclic) bond motifs is 1. The number of carbonyl (C=O) groups is 1. The molecule has 0 atom stereocenters. The molecule has 0 saturated heterocycles. The van der Waals surface area contributed by atoms with Crippen molar-refractivity contribution in [2.75, 3.05) is 38.1 Å². The van der Waals surface area contributed by atoms with Gasteiger partial charge in [-0.1, -0.05) is 42.5 Å². The molecule has 238 valence electrons. The number of amidine groups is 1. The lowest BCUT2D eigenvalue weighted by Gasteiger charge is -2.25. The number of carbonyl (C=O) groups excluding carboxylic acids is 1. The fourth-order valence-electron chi connectivity index (χ4n) is 4.77. The van der Waals surface area contributed by atoms with Crippen LogP contribution < -0.4 is 10.0 Å². The number of nitrogens with one attached hydrogen (secondary N) is 1. The van der Waals surface area contributed by atoms with Gasteiger partial charge in [0.1, 0.15) is 11.7 Å². The normalized spacial score (nSPS) is 11.1. The number of benzene rings is 3. The van der Waals surface area contributed by atoms with E-state index in [-0.39, 0.29) is 47.9 Å². The number of rotatable bonds is 14. The zero-order valence-corrected chi connectivity index (χ0v) is 27.6. The van der Waals surface area contributed by atoms with Gasteiger partial charge in [0.2, 0.25) is 0 Å². The van der Waals surface area contributed by atoms with Gasteiger partial charge in [0.25, 0.3) is 10.0 Å². The second-order valence-electron chi connectivity index (χ2n) is 10.2. The predicted octanol–water partition coefficient (Wildman–Crippen LogP) is 4.85. The Hall–Kier alpha value is -3.64. The molecule has 3 N–H and O–H groups in total. The molecule has 4 rings (SSSR count). The van der Waals surface area contributed by atoms with E-state index in [1.807, 2.05) is 41.8 Å². The number of nitrogen functional groups attached to an aromatic ring is 1. The van der Waals surface area contributed by atoms with Gasteiger partial charge in [0.05, 0.1) is 34.6 Å². The summed E-state index contributed by atoms with van der Waals surface area (Å²) in [7, 11) is 0.0971. The Balaban J connectivity index is 0.00000337. The minimum Gasteiger partial charge on any atom is -0.466 e. The quantitative estimate of drug-likeness (QED) is 0.112. The first-order valence-corrected chi connectivity index (χ1v) is 15.3. The Morgan fingerprint density at radius 3 is 2.30 bits per heavy atom. The summed E-state index contributed by atoms with van der Waals surface area (Å²) in [4.78, 5) is 19.4. The molecule has 0 bridgehead atoms. The minimum atomic E-state index is -3.82. The molecule has 4 aromatic rings. The molecule has 0 fully saturated rings. The molecule has 10 nitrogen and oxygen atoms in total. The van der Waals surface area contributed by atoms with Crippen LogP contribution in [0.5, 0.6) is 0 Å². The Morgan fingerprint density at radius 2 is 1.68 bits per heavy atom. The average molecular weight is 664 g/mol. The summed E-state index contributed by atoms with van der Waals surface area (Å²) in [6.45, 7) is 3.49. The number of nitrogens with two attached hydrogens (primary N) is 1. The van der Waals surface area contributed by atoms with Crippen LogP contribution in [0.25, 0.3) is 11.0 Å². The van der Waals surface area contributed by atoms with Crippen LogP contribution in [0.15, 0.2) is 77.7 Å². The first-order valence-electron chi connectivity index (χ1n) is 13.9. The van der Waals surface area contributed by atoms with E-state index in [0.29, 0.717) is 49.3 Å². The van der Waals surface area contributed by atoms with E-state index in [4.69, 9.17) is 20.9 Å². The summed E-state index contributed by atoms with van der Waals surface area (Å²) in [5.41, 5.74) is 9.16. The Kier molecular flexibility index (Phi) is 13.7. The van der Waals surface area contributed by atoms with Gasteiger partial charge < -0.3 is 19.9 Å². The lowest BCUT2D eigenvalue weighted by atomic mass is 10.1. The van der Waals surface area contributed by atoms with Crippen molar-refractivity contribution >= 4 is 63.4 Å². The number of halogens is 2. The van der Waals surface area contributed by atoms with Crippen LogP contribution in [0.3, 0.4) is 0 Å². The molecule has 0 radical (unpaired) electrons. The van der Waals surface area contributed by atoms with Gasteiger partial charge in [-0.25, -0.2) is 13.4 Å². The molecule has 13 heteroatoms. The van der Waals surface area contributed by atoms with E-state index in [1.165, 1.54) is 4.31 Å². The van der Waals surface area contributed by atoms with Gasteiger partial charge in [0, 0.05) is 25.1 Å². The van der Waals surface area contributed by atoms with Crippen LogP contribution in [0.1, 0.15) is 36.7 Å². The highest BCUT2D eigenvalue weighted by Crippen LogP contribution is 2.29. The van der Waals surface area contributed by atoms with Crippen LogP contribution in [-0.4, -0.2) is 68.5 Å². The summed E-state index contributed by atoms with van der Waals surface area (Å²) in [5.74, 6) is 0.428. The second-order valence-corrected chi connectivity index (χ2v) is 12.1. The maximum absolute atomic E-state index is 13.8. The molecule has 0 aliphatic heterocycles. The van der Waals surface area contributed by atoms with Crippen molar-refractivity contribution in [2.45, 2.75) is 37.6 Å². The molecule has 0 saturated carbocycles. The number of hydrogen-bond donors (Lipinski definition) is 2. The van der Waals surface area contributed by atoms with Gasteiger partial charge in [0.15, 0.2) is 0 Å². The van der Waals surface area contributed by atoms with Gasteiger partial charge in [-0.2, -0.15) is 0 Å². The van der Waals surface area contributed by atoms with Crippen molar-refractivity contribution in [1.82, 2.24) is 14.5 Å². The SMILES string of the molecule is CCOC(=O)CCn1c(Cc2ccc(C(=N)N)cc2)nc2cc(N(CCCN(C)C)S(=O)(=O)c3ccccc3)ccc21.Cl.Cl. The molecule has 0 aliphatic carbocycles. The number of aryl methyl sites for hydroxylation is 1. The number of hydrogen-bond acceptors (Lipinski definition) is 7. The second kappa shape index (κ2) is 16.4. The molecular formula is C31H40Cl2N6O4S. The molecular weight excluding hydrogens is 623 g/mol. The fourth-order valence-corrected chi connectivity index (χ4v) is 6.28. The Morgan fingerprint density at radius 1 is 1.00 bits per heavy atom. The lowest BCUT2D eigenvalue weighted by molar-refractivity contribution is -0.143. The van der Waals surface area contributed by atoms with Crippen LogP contribution in [0.4, 0.5) is 5.69 Å². The first kappa shape index (κ1) is 36.6. The molecule has 0 amide bonds. The molecule has 0 unspecified atom stereocenters. The van der Waals surface area contributed by atoms with E-state index in [2.05, 4.69) is 0 Å². The first-order chi connectivity index (χ1) is 20.1. The molecule has 0 spiro atoms. The summed E-state index contributed by atoms with van der Waals surface area (Å²) in [5, 5.41) is 7.65. The highest BCUT2D eigenvalue weighted by molar-refractivity contribution is 7.92. The van der Waals surface area contributed by atoms with Crippen molar-refractivity contribution in [1.29, 1.82) is 5.41 Å². The van der Waals surface area contributed by atoms with Gasteiger partial charge in [-0.3, -0.25) is 14.5 Å². The van der Waals surface area contributed by atoms with Crippen molar-refractivity contribution in [3.8, 4) is 0 Å². The van der Waals surface area contributed by atoms with Crippen molar-refractivity contribution < 1.29 is 17.9 Å². The largest absolute Gasteiger partial charge is 0.466 e. The van der Waals surface area contributed by atoms with Gasteiger partial charge >= 0.3 is 5.97 Å². The number of imidazole rings is 1.